The highest BCUT2D eigenvalue weighted by Gasteiger charge is 2.23. The number of nitrogens with zero attached hydrogens (tertiary/aromatic N) is 2. The number of hydrogen-bond acceptors (Lipinski definition) is 5. The summed E-state index contributed by atoms with van der Waals surface area (Å²) in [6.45, 7) is 2.60. The van der Waals surface area contributed by atoms with Crippen LogP contribution in [-0.4, -0.2) is 44.3 Å². The van der Waals surface area contributed by atoms with Gasteiger partial charge in [-0.25, -0.2) is 4.79 Å². The molecule has 2 rings (SSSR count). The number of hydrogen-bond donors (Lipinski definition) is 0. The van der Waals surface area contributed by atoms with Crippen LogP contribution < -0.4 is 0 Å². The quantitative estimate of drug-likeness (QED) is 0.624. The van der Waals surface area contributed by atoms with E-state index in [9.17, 15) is 4.79 Å². The van der Waals surface area contributed by atoms with Crippen molar-refractivity contribution in [2.24, 2.45) is 0 Å². The van der Waals surface area contributed by atoms with Gasteiger partial charge in [0.15, 0.2) is 0 Å². The molecule has 110 valence electrons. The highest BCUT2D eigenvalue weighted by atomic mass is 16.5. The predicted octanol–water partition coefficient (Wildman–Crippen LogP) is 1.82. The van der Waals surface area contributed by atoms with Crippen molar-refractivity contribution in [3.63, 3.8) is 0 Å². The molecule has 1 aliphatic rings. The van der Waals surface area contributed by atoms with E-state index in [4.69, 9.17) is 14.7 Å². The second kappa shape index (κ2) is 7.46. The first-order valence-corrected chi connectivity index (χ1v) is 6.84. The monoisotopic (exact) mass is 286 g/mol. The molecule has 0 spiro atoms. The maximum atomic E-state index is 12.1. The molecule has 1 aromatic carbocycles. The molecule has 0 saturated carbocycles. The summed E-state index contributed by atoms with van der Waals surface area (Å²) in [6.07, 6.45) is 0.0221. The summed E-state index contributed by atoms with van der Waals surface area (Å²) in [5.41, 5.74) is 2.08. The van der Waals surface area contributed by atoms with Gasteiger partial charge >= 0.3 is 5.97 Å². The molecule has 21 heavy (non-hydrogen) atoms. The van der Waals surface area contributed by atoms with Gasteiger partial charge in [0.05, 0.1) is 44.1 Å². The normalized spacial score (nSPS) is 15.9. The molecule has 0 N–H and O–H groups in total. The number of benzene rings is 1. The van der Waals surface area contributed by atoms with E-state index in [1.54, 1.807) is 0 Å². The van der Waals surface area contributed by atoms with Crippen LogP contribution in [0.4, 0.5) is 0 Å². The summed E-state index contributed by atoms with van der Waals surface area (Å²) in [5, 5.41) is 9.04. The van der Waals surface area contributed by atoms with Crippen LogP contribution in [0, 0.1) is 11.3 Å². The molecule has 0 aromatic heterocycles. The van der Waals surface area contributed by atoms with Crippen molar-refractivity contribution in [2.45, 2.75) is 6.42 Å². The lowest BCUT2D eigenvalue weighted by molar-refractivity contribution is -0.136. The molecule has 1 aromatic rings. The number of nitriles is 1. The third kappa shape index (κ3) is 3.61. The third-order valence-electron chi connectivity index (χ3n) is 3.35. The maximum Gasteiger partial charge on any atom is 0.336 e. The van der Waals surface area contributed by atoms with Gasteiger partial charge in [0.25, 0.3) is 0 Å². The fourth-order valence-corrected chi connectivity index (χ4v) is 2.39. The summed E-state index contributed by atoms with van der Waals surface area (Å²) in [4.78, 5) is 14.2. The van der Waals surface area contributed by atoms with E-state index in [2.05, 4.69) is 11.0 Å². The van der Waals surface area contributed by atoms with E-state index >= 15 is 0 Å². The highest BCUT2D eigenvalue weighted by molar-refractivity contribution is 5.97. The second-order valence-electron chi connectivity index (χ2n) is 4.62. The first kappa shape index (κ1) is 15.1. The molecule has 1 heterocycles. The molecule has 0 atom stereocenters. The summed E-state index contributed by atoms with van der Waals surface area (Å²) in [6, 6.07) is 11.7. The lowest BCUT2D eigenvalue weighted by atomic mass is 10.0. The van der Waals surface area contributed by atoms with Crippen molar-refractivity contribution in [2.75, 3.05) is 33.4 Å². The molecule has 1 saturated heterocycles. The fourth-order valence-electron chi connectivity index (χ4n) is 2.39. The first-order chi connectivity index (χ1) is 10.3. The van der Waals surface area contributed by atoms with Gasteiger partial charge in [-0.2, -0.15) is 5.26 Å². The molecule has 0 unspecified atom stereocenters. The van der Waals surface area contributed by atoms with Crippen LogP contribution in [0.2, 0.25) is 0 Å². The van der Waals surface area contributed by atoms with Crippen molar-refractivity contribution in [1.82, 2.24) is 4.90 Å². The Morgan fingerprint density at radius 3 is 2.57 bits per heavy atom. The SMILES string of the molecule is COC(=O)/C(CC#N)=C(/c1ccccc1)N1CCOCC1. The minimum atomic E-state index is -0.457. The molecule has 1 fully saturated rings. The highest BCUT2D eigenvalue weighted by Crippen LogP contribution is 2.26. The Balaban J connectivity index is 2.51. The van der Waals surface area contributed by atoms with Gasteiger partial charge in [0.1, 0.15) is 0 Å². The van der Waals surface area contributed by atoms with Crippen LogP contribution >= 0.6 is 0 Å². The van der Waals surface area contributed by atoms with E-state index in [1.165, 1.54) is 7.11 Å². The zero-order valence-corrected chi connectivity index (χ0v) is 12.0. The van der Waals surface area contributed by atoms with Crippen LogP contribution in [-0.2, 0) is 14.3 Å². The van der Waals surface area contributed by atoms with Crippen molar-refractivity contribution in [1.29, 1.82) is 5.26 Å². The molecule has 1 aliphatic heterocycles. The standard InChI is InChI=1S/C16H18N2O3/c1-20-16(19)14(7-8-17)15(13-5-3-2-4-6-13)18-9-11-21-12-10-18/h2-6H,7,9-12H2,1H3/b15-14-. The zero-order chi connectivity index (χ0) is 15.1. The number of ether oxygens (including phenoxy) is 2. The molecule has 5 nitrogen and oxygen atoms in total. The minimum Gasteiger partial charge on any atom is -0.466 e. The lowest BCUT2D eigenvalue weighted by Gasteiger charge is -2.32. The van der Waals surface area contributed by atoms with Gasteiger partial charge in [0, 0.05) is 13.1 Å². The largest absolute Gasteiger partial charge is 0.466 e. The van der Waals surface area contributed by atoms with Crippen molar-refractivity contribution >= 4 is 11.7 Å². The van der Waals surface area contributed by atoms with Crippen molar-refractivity contribution in [3.8, 4) is 6.07 Å². The second-order valence-corrected chi connectivity index (χ2v) is 4.62. The molecule has 5 heteroatoms. The zero-order valence-electron chi connectivity index (χ0n) is 12.0. The number of esters is 1. The molecule has 0 radical (unpaired) electrons. The molecule has 0 bridgehead atoms. The first-order valence-electron chi connectivity index (χ1n) is 6.84. The molecule has 0 aliphatic carbocycles. The van der Waals surface area contributed by atoms with E-state index in [-0.39, 0.29) is 6.42 Å². The Kier molecular flexibility index (Phi) is 5.35. The molecular weight excluding hydrogens is 268 g/mol. The maximum absolute atomic E-state index is 12.1. The van der Waals surface area contributed by atoms with E-state index in [0.717, 1.165) is 11.3 Å². The smallest absolute Gasteiger partial charge is 0.336 e. The van der Waals surface area contributed by atoms with Crippen LogP contribution in [0.3, 0.4) is 0 Å². The molecular formula is C16H18N2O3. The van der Waals surface area contributed by atoms with E-state index in [1.807, 2.05) is 30.3 Å². The Bertz CT molecular complexity index is 555. The van der Waals surface area contributed by atoms with Gasteiger partial charge in [-0.1, -0.05) is 30.3 Å². The van der Waals surface area contributed by atoms with Gasteiger partial charge < -0.3 is 14.4 Å². The Morgan fingerprint density at radius 2 is 2.00 bits per heavy atom. The number of rotatable bonds is 4. The predicted molar refractivity (Wildman–Crippen MR) is 78.0 cm³/mol. The number of methoxy groups -OCH3 is 1. The van der Waals surface area contributed by atoms with Crippen LogP contribution in [0.25, 0.3) is 5.70 Å². The summed E-state index contributed by atoms with van der Waals surface area (Å²) in [5.74, 6) is -0.457. The lowest BCUT2D eigenvalue weighted by Crippen LogP contribution is -2.36. The minimum absolute atomic E-state index is 0.0221. The van der Waals surface area contributed by atoms with Crippen molar-refractivity contribution < 1.29 is 14.3 Å². The van der Waals surface area contributed by atoms with Crippen LogP contribution in [0.15, 0.2) is 35.9 Å². The van der Waals surface area contributed by atoms with Gasteiger partial charge in [-0.05, 0) is 5.56 Å². The fraction of sp³-hybridized carbons (Fsp3) is 0.375. The Labute approximate surface area is 124 Å². The summed E-state index contributed by atoms with van der Waals surface area (Å²) >= 11 is 0. The number of carbonyl (C=O) groups excluding carboxylic acids is 1. The third-order valence-corrected chi connectivity index (χ3v) is 3.35. The summed E-state index contributed by atoms with van der Waals surface area (Å²) < 4.78 is 10.2. The average molecular weight is 286 g/mol. The Hall–Kier alpha value is -2.32. The number of morpholine rings is 1. The topological polar surface area (TPSA) is 62.6 Å². The van der Waals surface area contributed by atoms with Gasteiger partial charge in [0.2, 0.25) is 0 Å². The van der Waals surface area contributed by atoms with Crippen LogP contribution in [0.1, 0.15) is 12.0 Å². The van der Waals surface area contributed by atoms with Gasteiger partial charge in [-0.3, -0.25) is 0 Å². The average Bonchev–Trinajstić information content (AvgIpc) is 2.55. The summed E-state index contributed by atoms with van der Waals surface area (Å²) in [7, 11) is 1.33. The van der Waals surface area contributed by atoms with E-state index in [0.29, 0.717) is 31.9 Å². The van der Waals surface area contributed by atoms with Gasteiger partial charge in [-0.15, -0.1) is 0 Å². The van der Waals surface area contributed by atoms with Crippen LogP contribution in [0.5, 0.6) is 0 Å². The number of carbonyl (C=O) groups is 1. The van der Waals surface area contributed by atoms with Crippen molar-refractivity contribution in [3.05, 3.63) is 41.5 Å². The molecule has 0 amide bonds. The van der Waals surface area contributed by atoms with E-state index < -0.39 is 5.97 Å². The Morgan fingerprint density at radius 1 is 1.33 bits per heavy atom.